The molecule has 1 amide bonds. The molecule has 1 heterocycles. The minimum atomic E-state index is -0.796. The van der Waals surface area contributed by atoms with Crippen LogP contribution >= 0.6 is 0 Å². The number of nitrogens with zero attached hydrogens (tertiary/aromatic N) is 1. The van der Waals surface area contributed by atoms with E-state index in [1.807, 2.05) is 4.90 Å². The van der Waals surface area contributed by atoms with Gasteiger partial charge in [-0.2, -0.15) is 0 Å². The van der Waals surface area contributed by atoms with Gasteiger partial charge in [0, 0.05) is 12.6 Å². The maximum absolute atomic E-state index is 12.9. The van der Waals surface area contributed by atoms with Crippen molar-refractivity contribution in [2.24, 2.45) is 29.6 Å². The van der Waals surface area contributed by atoms with E-state index in [0.717, 1.165) is 25.8 Å². The van der Waals surface area contributed by atoms with Gasteiger partial charge in [0.25, 0.3) is 0 Å². The number of carboxylic acid groups (broad SMARTS) is 1. The molecule has 2 rings (SSSR count). The van der Waals surface area contributed by atoms with Crippen LogP contribution in [0.5, 0.6) is 0 Å². The van der Waals surface area contributed by atoms with Gasteiger partial charge in [-0.05, 0) is 43.9 Å². The van der Waals surface area contributed by atoms with Crippen LogP contribution in [0.2, 0.25) is 0 Å². The van der Waals surface area contributed by atoms with Crippen molar-refractivity contribution in [3.8, 4) is 0 Å². The van der Waals surface area contributed by atoms with Gasteiger partial charge in [0.1, 0.15) is 0 Å². The van der Waals surface area contributed by atoms with E-state index in [1.165, 1.54) is 0 Å². The Morgan fingerprint density at radius 3 is 2.29 bits per heavy atom. The average Bonchev–Trinajstić information content (AvgIpc) is 2.86. The zero-order chi connectivity index (χ0) is 15.7. The molecule has 0 aromatic rings. The van der Waals surface area contributed by atoms with Gasteiger partial charge >= 0.3 is 5.97 Å². The minimum Gasteiger partial charge on any atom is -0.481 e. The summed E-state index contributed by atoms with van der Waals surface area (Å²) in [7, 11) is 0. The van der Waals surface area contributed by atoms with Crippen molar-refractivity contribution in [1.29, 1.82) is 0 Å². The Bertz CT molecular complexity index is 409. The molecule has 6 atom stereocenters. The highest BCUT2D eigenvalue weighted by Crippen LogP contribution is 2.40. The van der Waals surface area contributed by atoms with E-state index < -0.39 is 11.9 Å². The Morgan fingerprint density at radius 1 is 1.10 bits per heavy atom. The number of amides is 1. The molecule has 0 spiro atoms. The average molecular weight is 295 g/mol. The molecule has 4 nitrogen and oxygen atoms in total. The fraction of sp³-hybridized carbons (Fsp3) is 0.882. The Labute approximate surface area is 127 Å². The summed E-state index contributed by atoms with van der Waals surface area (Å²) in [5.74, 6) is -0.125. The summed E-state index contributed by atoms with van der Waals surface area (Å²) >= 11 is 0. The van der Waals surface area contributed by atoms with Crippen molar-refractivity contribution in [2.75, 3.05) is 6.54 Å². The third-order valence-corrected chi connectivity index (χ3v) is 5.75. The first kappa shape index (κ1) is 16.3. The summed E-state index contributed by atoms with van der Waals surface area (Å²) in [6.45, 7) is 9.35. The highest BCUT2D eigenvalue weighted by molar-refractivity contribution is 5.85. The van der Waals surface area contributed by atoms with Gasteiger partial charge in [0.05, 0.1) is 11.8 Å². The zero-order valence-corrected chi connectivity index (χ0v) is 13.7. The molecule has 0 bridgehead atoms. The monoisotopic (exact) mass is 295 g/mol. The molecule has 0 radical (unpaired) electrons. The number of carbonyl (C=O) groups is 2. The number of likely N-dealkylation sites (tertiary alicyclic amines) is 1. The van der Waals surface area contributed by atoms with Crippen molar-refractivity contribution in [3.05, 3.63) is 0 Å². The van der Waals surface area contributed by atoms with Gasteiger partial charge in [-0.15, -0.1) is 0 Å². The smallest absolute Gasteiger partial charge is 0.307 e. The van der Waals surface area contributed by atoms with E-state index in [2.05, 4.69) is 27.7 Å². The first-order valence-electron chi connectivity index (χ1n) is 8.38. The molecule has 120 valence electrons. The van der Waals surface area contributed by atoms with Gasteiger partial charge in [0.15, 0.2) is 0 Å². The van der Waals surface area contributed by atoms with Crippen LogP contribution in [0.4, 0.5) is 0 Å². The molecule has 2 aliphatic rings. The first-order valence-corrected chi connectivity index (χ1v) is 8.38. The van der Waals surface area contributed by atoms with Crippen LogP contribution in [0, 0.1) is 29.6 Å². The summed E-state index contributed by atoms with van der Waals surface area (Å²) in [6.07, 6.45) is 3.53. The molecule has 1 saturated carbocycles. The summed E-state index contributed by atoms with van der Waals surface area (Å²) in [5.41, 5.74) is 0. The zero-order valence-electron chi connectivity index (χ0n) is 13.7. The second kappa shape index (κ2) is 6.37. The molecular weight excluding hydrogens is 266 g/mol. The van der Waals surface area contributed by atoms with Gasteiger partial charge < -0.3 is 10.0 Å². The molecule has 1 saturated heterocycles. The third-order valence-electron chi connectivity index (χ3n) is 5.75. The Kier molecular flexibility index (Phi) is 4.95. The second-order valence-electron chi connectivity index (χ2n) is 7.35. The van der Waals surface area contributed by atoms with E-state index in [0.29, 0.717) is 24.2 Å². The highest BCUT2D eigenvalue weighted by Gasteiger charge is 2.45. The molecular formula is C17H29NO3. The van der Waals surface area contributed by atoms with Crippen LogP contribution in [-0.2, 0) is 9.59 Å². The third kappa shape index (κ3) is 3.24. The van der Waals surface area contributed by atoms with Crippen molar-refractivity contribution < 1.29 is 14.7 Å². The predicted octanol–water partition coefficient (Wildman–Crippen LogP) is 3.02. The van der Waals surface area contributed by atoms with E-state index in [-0.39, 0.29) is 17.9 Å². The fourth-order valence-electron chi connectivity index (χ4n) is 4.24. The summed E-state index contributed by atoms with van der Waals surface area (Å²) in [6, 6.07) is 0.226. The van der Waals surface area contributed by atoms with Gasteiger partial charge in [-0.1, -0.05) is 27.2 Å². The lowest BCUT2D eigenvalue weighted by molar-refractivity contribution is -0.151. The molecule has 1 aliphatic carbocycles. The molecule has 2 fully saturated rings. The maximum atomic E-state index is 12.9. The number of hydrogen-bond acceptors (Lipinski definition) is 2. The lowest BCUT2D eigenvalue weighted by Gasteiger charge is -2.42. The van der Waals surface area contributed by atoms with Crippen molar-refractivity contribution in [1.82, 2.24) is 4.90 Å². The lowest BCUT2D eigenvalue weighted by atomic mass is 9.84. The lowest BCUT2D eigenvalue weighted by Crippen LogP contribution is -2.51. The van der Waals surface area contributed by atoms with E-state index in [9.17, 15) is 14.7 Å². The van der Waals surface area contributed by atoms with Crippen molar-refractivity contribution in [2.45, 2.75) is 59.4 Å². The number of carboxylic acids is 1. The Balaban J connectivity index is 2.15. The van der Waals surface area contributed by atoms with Crippen molar-refractivity contribution in [3.63, 3.8) is 0 Å². The van der Waals surface area contributed by atoms with Crippen LogP contribution in [-0.4, -0.2) is 34.5 Å². The van der Waals surface area contributed by atoms with Crippen LogP contribution in [0.1, 0.15) is 53.4 Å². The molecule has 0 aromatic carbocycles. The number of hydrogen-bond donors (Lipinski definition) is 1. The molecule has 21 heavy (non-hydrogen) atoms. The number of carbonyl (C=O) groups excluding carboxylic acids is 1. The van der Waals surface area contributed by atoms with E-state index >= 15 is 0 Å². The highest BCUT2D eigenvalue weighted by atomic mass is 16.4. The topological polar surface area (TPSA) is 57.6 Å². The molecule has 6 unspecified atom stereocenters. The largest absolute Gasteiger partial charge is 0.481 e. The molecule has 4 heteroatoms. The van der Waals surface area contributed by atoms with Crippen LogP contribution in [0.15, 0.2) is 0 Å². The van der Waals surface area contributed by atoms with Gasteiger partial charge in [-0.25, -0.2) is 0 Å². The quantitative estimate of drug-likeness (QED) is 0.870. The summed E-state index contributed by atoms with van der Waals surface area (Å²) in [5, 5.41) is 9.44. The van der Waals surface area contributed by atoms with Crippen LogP contribution in [0.3, 0.4) is 0 Å². The van der Waals surface area contributed by atoms with Crippen LogP contribution < -0.4 is 0 Å². The standard InChI is InChI=1S/C17H29NO3/c1-5-13-7-14(15(8-13)17(20)21)16(19)18-9-10(2)6-11(3)12(18)4/h10-15H,5-9H2,1-4H3,(H,20,21). The SMILES string of the molecule is CCC1CC(C(=O)O)C(C(=O)N2CC(C)CC(C)C2C)C1. The number of aliphatic carboxylic acids is 1. The maximum Gasteiger partial charge on any atom is 0.307 e. The minimum absolute atomic E-state index is 0.0873. The van der Waals surface area contributed by atoms with E-state index in [1.54, 1.807) is 0 Å². The summed E-state index contributed by atoms with van der Waals surface area (Å²) in [4.78, 5) is 26.4. The molecule has 1 N–H and O–H groups in total. The number of rotatable bonds is 3. The molecule has 0 aromatic heterocycles. The first-order chi connectivity index (χ1) is 9.85. The normalized spacial score (nSPS) is 40.3. The van der Waals surface area contributed by atoms with E-state index in [4.69, 9.17) is 0 Å². The van der Waals surface area contributed by atoms with Crippen molar-refractivity contribution >= 4 is 11.9 Å². The number of piperidine rings is 1. The van der Waals surface area contributed by atoms with Crippen LogP contribution in [0.25, 0.3) is 0 Å². The predicted molar refractivity (Wildman–Crippen MR) is 81.8 cm³/mol. The Hall–Kier alpha value is -1.06. The second-order valence-corrected chi connectivity index (χ2v) is 7.35. The Morgan fingerprint density at radius 2 is 1.71 bits per heavy atom. The van der Waals surface area contributed by atoms with Gasteiger partial charge in [0.2, 0.25) is 5.91 Å². The van der Waals surface area contributed by atoms with Gasteiger partial charge in [-0.3, -0.25) is 9.59 Å². The fourth-order valence-corrected chi connectivity index (χ4v) is 4.24. The molecule has 1 aliphatic heterocycles. The summed E-state index contributed by atoms with van der Waals surface area (Å²) < 4.78 is 0.